The van der Waals surface area contributed by atoms with Crippen LogP contribution in [0.4, 0.5) is 0 Å². The van der Waals surface area contributed by atoms with Crippen LogP contribution in [-0.4, -0.2) is 25.2 Å². The van der Waals surface area contributed by atoms with E-state index in [0.29, 0.717) is 0 Å². The molecule has 0 saturated heterocycles. The zero-order valence-corrected chi connectivity index (χ0v) is 5.12. The van der Waals surface area contributed by atoms with E-state index in [1.54, 1.807) is 0 Å². The topological polar surface area (TPSA) is 76.8 Å². The highest BCUT2D eigenvalue weighted by Crippen LogP contribution is 1.75. The minimum atomic E-state index is -0.932. The third-order valence-corrected chi connectivity index (χ3v) is 0.578. The second kappa shape index (κ2) is 3.65. The molecule has 0 bridgehead atoms. The van der Waals surface area contributed by atoms with Crippen LogP contribution in [0.5, 0.6) is 0 Å². The first kappa shape index (κ1) is 7.67. The Bertz CT molecular complexity index is 132. The molecule has 6 nitrogen and oxygen atoms in total. The van der Waals surface area contributed by atoms with Crippen molar-refractivity contribution in [3.8, 4) is 0 Å². The summed E-state index contributed by atoms with van der Waals surface area (Å²) in [5, 5.41) is 11.0. The van der Waals surface area contributed by atoms with Crippen molar-refractivity contribution in [2.24, 2.45) is 4.99 Å². The molecule has 0 amide bonds. The fourth-order valence-electron chi connectivity index (χ4n) is 0.269. The van der Waals surface area contributed by atoms with Gasteiger partial charge in [0.25, 0.3) is 6.02 Å². The lowest BCUT2D eigenvalue weighted by atomic mass is 11.0. The van der Waals surface area contributed by atoms with Gasteiger partial charge in [0.15, 0.2) is 0 Å². The number of nitrogens with one attached hydrogen (secondary N) is 1. The normalized spacial score (nSPS) is 10.7. The Hall–Kier alpha value is -1.33. The highest BCUT2D eigenvalue weighted by molar-refractivity contribution is 5.72. The predicted molar refractivity (Wildman–Crippen MR) is 30.5 cm³/mol. The van der Waals surface area contributed by atoms with Gasteiger partial charge in [0, 0.05) is 14.1 Å². The molecule has 0 fully saturated rings. The highest BCUT2D eigenvalue weighted by Gasteiger charge is 1.98. The quantitative estimate of drug-likeness (QED) is 0.224. The van der Waals surface area contributed by atoms with Crippen molar-refractivity contribution in [2.45, 2.75) is 0 Å². The summed E-state index contributed by atoms with van der Waals surface area (Å²) < 4.78 is 0. The first-order chi connectivity index (χ1) is 4.20. The molecule has 0 unspecified atom stereocenters. The summed E-state index contributed by atoms with van der Waals surface area (Å²) in [5.74, 6) is 0. The van der Waals surface area contributed by atoms with Crippen LogP contribution in [0.3, 0.4) is 0 Å². The second-order valence-corrected chi connectivity index (χ2v) is 1.09. The van der Waals surface area contributed by atoms with Crippen molar-refractivity contribution in [3.05, 3.63) is 10.1 Å². The fourth-order valence-corrected chi connectivity index (χ4v) is 0.269. The van der Waals surface area contributed by atoms with Crippen LogP contribution < -0.4 is 5.32 Å². The van der Waals surface area contributed by atoms with Gasteiger partial charge >= 0.3 is 5.09 Å². The highest BCUT2D eigenvalue weighted by atomic mass is 17.0. The molecule has 0 aromatic carbocycles. The van der Waals surface area contributed by atoms with Crippen molar-refractivity contribution in [1.29, 1.82) is 0 Å². The van der Waals surface area contributed by atoms with Crippen LogP contribution in [0.2, 0.25) is 0 Å². The summed E-state index contributed by atoms with van der Waals surface area (Å²) >= 11 is 0. The Balaban J connectivity index is 3.71. The Morgan fingerprint density at radius 3 is 2.56 bits per heavy atom. The third-order valence-electron chi connectivity index (χ3n) is 0.578. The number of nitrogens with zero attached hydrogens (tertiary/aromatic N) is 2. The molecule has 0 saturated carbocycles. The van der Waals surface area contributed by atoms with E-state index >= 15 is 0 Å². The molecule has 9 heavy (non-hydrogen) atoms. The van der Waals surface area contributed by atoms with Gasteiger partial charge in [-0.25, -0.2) is 4.84 Å². The van der Waals surface area contributed by atoms with Crippen LogP contribution in [0.1, 0.15) is 0 Å². The first-order valence-electron chi connectivity index (χ1n) is 2.17. The SMILES string of the molecule is CN=C(NC)O[N+](=O)[O-]. The fraction of sp³-hybridized carbons (Fsp3) is 0.667. The van der Waals surface area contributed by atoms with E-state index in [4.69, 9.17) is 0 Å². The number of amidine groups is 1. The van der Waals surface area contributed by atoms with Crippen LogP contribution in [-0.2, 0) is 4.84 Å². The van der Waals surface area contributed by atoms with Gasteiger partial charge in [-0.3, -0.25) is 4.99 Å². The van der Waals surface area contributed by atoms with Crippen molar-refractivity contribution in [3.63, 3.8) is 0 Å². The molecule has 52 valence electrons. The largest absolute Gasteiger partial charge is 0.354 e. The summed E-state index contributed by atoms with van der Waals surface area (Å²) in [4.78, 5) is 16.9. The molecule has 1 N–H and O–H groups in total. The number of aliphatic imine (C=N–C) groups is 1. The lowest BCUT2D eigenvalue weighted by Gasteiger charge is -1.97. The summed E-state index contributed by atoms with van der Waals surface area (Å²) in [6, 6.07) is -0.111. The second-order valence-electron chi connectivity index (χ2n) is 1.09. The number of hydrogen-bond acceptors (Lipinski definition) is 4. The van der Waals surface area contributed by atoms with Gasteiger partial charge in [0.2, 0.25) is 0 Å². The lowest BCUT2D eigenvalue weighted by molar-refractivity contribution is -0.724. The lowest BCUT2D eigenvalue weighted by Crippen LogP contribution is -2.24. The molecule has 0 spiro atoms. The minimum absolute atomic E-state index is 0.111. The smallest absolute Gasteiger partial charge is 0.302 e. The molecule has 0 aromatic rings. The molecule has 0 aliphatic rings. The maximum atomic E-state index is 9.59. The van der Waals surface area contributed by atoms with Gasteiger partial charge in [-0.2, -0.15) is 0 Å². The van der Waals surface area contributed by atoms with Crippen molar-refractivity contribution < 1.29 is 9.92 Å². The molecular formula is C3H7N3O3. The third kappa shape index (κ3) is 3.27. The summed E-state index contributed by atoms with van der Waals surface area (Å²) in [6.07, 6.45) is 0. The van der Waals surface area contributed by atoms with Crippen molar-refractivity contribution in [2.75, 3.05) is 14.1 Å². The van der Waals surface area contributed by atoms with Gasteiger partial charge in [0.1, 0.15) is 0 Å². The van der Waals surface area contributed by atoms with Crippen LogP contribution in [0, 0.1) is 10.1 Å². The number of hydrogen-bond donors (Lipinski definition) is 1. The Labute approximate surface area is 51.6 Å². The van der Waals surface area contributed by atoms with Gasteiger partial charge in [0.05, 0.1) is 0 Å². The summed E-state index contributed by atoms with van der Waals surface area (Å²) in [5.41, 5.74) is 0. The molecular weight excluding hydrogens is 126 g/mol. The Morgan fingerprint density at radius 1 is 1.89 bits per heavy atom. The zero-order valence-electron chi connectivity index (χ0n) is 5.12. The minimum Gasteiger partial charge on any atom is -0.354 e. The van der Waals surface area contributed by atoms with Crippen LogP contribution in [0.25, 0.3) is 0 Å². The van der Waals surface area contributed by atoms with E-state index < -0.39 is 5.09 Å². The van der Waals surface area contributed by atoms with Gasteiger partial charge < -0.3 is 5.32 Å². The first-order valence-corrected chi connectivity index (χ1v) is 2.17. The molecule has 0 rings (SSSR count). The standard InChI is InChI=1S/C3H7N3O3/c1-4-3(5-2)9-6(7)8/h1-2H3,(H,4,5). The Morgan fingerprint density at radius 2 is 2.44 bits per heavy atom. The predicted octanol–water partition coefficient (Wildman–Crippen LogP) is -0.600. The van der Waals surface area contributed by atoms with Gasteiger partial charge in [-0.1, -0.05) is 0 Å². The van der Waals surface area contributed by atoms with Crippen LogP contribution >= 0.6 is 0 Å². The molecule has 0 aliphatic carbocycles. The van der Waals surface area contributed by atoms with Crippen molar-refractivity contribution in [1.82, 2.24) is 5.32 Å². The Kier molecular flexibility index (Phi) is 3.11. The maximum Gasteiger partial charge on any atom is 0.302 e. The monoisotopic (exact) mass is 133 g/mol. The molecule has 6 heteroatoms. The van der Waals surface area contributed by atoms with E-state index in [1.165, 1.54) is 14.1 Å². The molecule has 0 heterocycles. The van der Waals surface area contributed by atoms with Crippen molar-refractivity contribution >= 4 is 6.02 Å². The van der Waals surface area contributed by atoms with E-state index in [9.17, 15) is 10.1 Å². The summed E-state index contributed by atoms with van der Waals surface area (Å²) in [6.45, 7) is 0. The molecule has 0 aromatic heterocycles. The van der Waals surface area contributed by atoms with Gasteiger partial charge in [-0.15, -0.1) is 10.1 Å². The molecule has 0 radical (unpaired) electrons. The van der Waals surface area contributed by atoms with Gasteiger partial charge in [-0.05, 0) is 0 Å². The van der Waals surface area contributed by atoms with E-state index in [-0.39, 0.29) is 6.02 Å². The molecule has 0 aliphatic heterocycles. The molecule has 0 atom stereocenters. The number of rotatable bonds is 1. The average molecular weight is 133 g/mol. The van der Waals surface area contributed by atoms with E-state index in [0.717, 1.165) is 0 Å². The maximum absolute atomic E-state index is 9.59. The zero-order chi connectivity index (χ0) is 7.28. The average Bonchev–Trinajstić information content (AvgIpc) is 1.82. The summed E-state index contributed by atoms with van der Waals surface area (Å²) in [7, 11) is 2.86. The van der Waals surface area contributed by atoms with E-state index in [1.807, 2.05) is 0 Å². The van der Waals surface area contributed by atoms with Crippen LogP contribution in [0.15, 0.2) is 4.99 Å². The van der Waals surface area contributed by atoms with E-state index in [2.05, 4.69) is 15.1 Å².